The Morgan fingerprint density at radius 3 is 2.42 bits per heavy atom. The molecule has 0 aliphatic carbocycles. The van der Waals surface area contributed by atoms with Gasteiger partial charge in [0.15, 0.2) is 4.77 Å². The van der Waals surface area contributed by atoms with Gasteiger partial charge in [-0.25, -0.2) is 4.79 Å². The van der Waals surface area contributed by atoms with Crippen LogP contribution in [0.1, 0.15) is 31.3 Å². The molecule has 0 radical (unpaired) electrons. The third-order valence-corrected chi connectivity index (χ3v) is 3.90. The lowest BCUT2D eigenvalue weighted by molar-refractivity contribution is -0.151. The predicted molar refractivity (Wildman–Crippen MR) is 93.7 cm³/mol. The zero-order chi connectivity index (χ0) is 17.9. The number of para-hydroxylation sites is 1. The lowest BCUT2D eigenvalue weighted by Crippen LogP contribution is -2.42. The number of hydrogen-bond donors (Lipinski definition) is 1. The largest absolute Gasteiger partial charge is 0.461 e. The van der Waals surface area contributed by atoms with Crippen LogP contribution in [0.2, 0.25) is 0 Å². The molecule has 0 bridgehead atoms. The number of nitrogens with one attached hydrogen (secondary N) is 1. The number of carbonyl (C=O) groups is 2. The summed E-state index contributed by atoms with van der Waals surface area (Å²) >= 11 is 5.28. The van der Waals surface area contributed by atoms with E-state index >= 15 is 0 Å². The number of aromatic nitrogens is 2. The van der Waals surface area contributed by atoms with Crippen LogP contribution in [0.25, 0.3) is 5.69 Å². The molecule has 0 spiro atoms. The van der Waals surface area contributed by atoms with Crippen molar-refractivity contribution >= 4 is 24.1 Å². The molecule has 6 nitrogen and oxygen atoms in total. The van der Waals surface area contributed by atoms with Crippen LogP contribution in [0.4, 0.5) is 0 Å². The van der Waals surface area contributed by atoms with Crippen molar-refractivity contribution in [3.8, 4) is 5.69 Å². The highest BCUT2D eigenvalue weighted by molar-refractivity contribution is 7.71. The number of carbonyl (C=O) groups excluding carboxylic acids is 2. The zero-order valence-corrected chi connectivity index (χ0v) is 15.0. The van der Waals surface area contributed by atoms with E-state index in [2.05, 4.69) is 4.98 Å². The first-order valence-corrected chi connectivity index (χ1v) is 8.07. The van der Waals surface area contributed by atoms with E-state index in [1.807, 2.05) is 30.3 Å². The molecule has 7 heteroatoms. The molecule has 2 aromatic rings. The van der Waals surface area contributed by atoms with Crippen LogP contribution in [-0.2, 0) is 9.53 Å². The SMILES string of the molecule is CC(C)OC(=O)[C@@H](C)N(C)C(=O)c1c[nH]c(=S)n1-c1ccccc1. The second kappa shape index (κ2) is 7.44. The number of H-pyrrole nitrogens is 1. The smallest absolute Gasteiger partial charge is 0.328 e. The molecule has 128 valence electrons. The average Bonchev–Trinajstić information content (AvgIpc) is 2.94. The quantitative estimate of drug-likeness (QED) is 0.667. The second-order valence-electron chi connectivity index (χ2n) is 5.73. The van der Waals surface area contributed by atoms with Crippen molar-refractivity contribution in [1.82, 2.24) is 14.5 Å². The van der Waals surface area contributed by atoms with Gasteiger partial charge in [-0.2, -0.15) is 0 Å². The highest BCUT2D eigenvalue weighted by Gasteiger charge is 2.27. The standard InChI is InChI=1S/C17H21N3O3S/c1-11(2)23-16(22)12(3)19(4)15(21)14-10-18-17(24)20(14)13-8-6-5-7-9-13/h5-12H,1-4H3,(H,18,24)/t12-/m1/s1. The fourth-order valence-corrected chi connectivity index (χ4v) is 2.47. The molecular weight excluding hydrogens is 326 g/mol. The average molecular weight is 347 g/mol. The molecule has 1 aromatic heterocycles. The van der Waals surface area contributed by atoms with Gasteiger partial charge in [0.2, 0.25) is 0 Å². The monoisotopic (exact) mass is 347 g/mol. The molecule has 0 saturated carbocycles. The lowest BCUT2D eigenvalue weighted by atomic mass is 10.2. The van der Waals surface area contributed by atoms with Crippen LogP contribution < -0.4 is 0 Å². The van der Waals surface area contributed by atoms with E-state index < -0.39 is 12.0 Å². The number of nitrogens with zero attached hydrogens (tertiary/aromatic N) is 2. The molecule has 0 aliphatic rings. The highest BCUT2D eigenvalue weighted by atomic mass is 32.1. The Bertz CT molecular complexity index is 780. The Labute approximate surface area is 146 Å². The molecule has 1 aromatic carbocycles. The van der Waals surface area contributed by atoms with Crippen LogP contribution in [0, 0.1) is 4.77 Å². The minimum absolute atomic E-state index is 0.232. The van der Waals surface area contributed by atoms with Crippen molar-refractivity contribution in [3.05, 3.63) is 47.0 Å². The van der Waals surface area contributed by atoms with Gasteiger partial charge in [-0.1, -0.05) is 18.2 Å². The van der Waals surface area contributed by atoms with Gasteiger partial charge >= 0.3 is 5.97 Å². The molecule has 1 N–H and O–H groups in total. The number of ether oxygens (including phenoxy) is 1. The Morgan fingerprint density at radius 2 is 1.83 bits per heavy atom. The summed E-state index contributed by atoms with van der Waals surface area (Å²) in [6.07, 6.45) is 1.32. The maximum absolute atomic E-state index is 12.8. The summed E-state index contributed by atoms with van der Waals surface area (Å²) in [4.78, 5) is 29.1. The second-order valence-corrected chi connectivity index (χ2v) is 6.11. The van der Waals surface area contributed by atoms with E-state index in [-0.39, 0.29) is 12.0 Å². The summed E-state index contributed by atoms with van der Waals surface area (Å²) in [5, 5.41) is 0. The topological polar surface area (TPSA) is 67.3 Å². The van der Waals surface area contributed by atoms with Crippen molar-refractivity contribution < 1.29 is 14.3 Å². The maximum Gasteiger partial charge on any atom is 0.328 e. The van der Waals surface area contributed by atoms with Gasteiger partial charge in [-0.3, -0.25) is 9.36 Å². The number of benzene rings is 1. The fourth-order valence-electron chi connectivity index (χ4n) is 2.20. The molecule has 1 atom stereocenters. The van der Waals surface area contributed by atoms with Gasteiger partial charge in [0, 0.05) is 18.9 Å². The van der Waals surface area contributed by atoms with Gasteiger partial charge in [-0.15, -0.1) is 0 Å². The number of imidazole rings is 1. The van der Waals surface area contributed by atoms with Crippen molar-refractivity contribution in [1.29, 1.82) is 0 Å². The summed E-state index contributed by atoms with van der Waals surface area (Å²) in [5.74, 6) is -0.763. The third-order valence-electron chi connectivity index (χ3n) is 3.60. The summed E-state index contributed by atoms with van der Waals surface area (Å²) in [6.45, 7) is 5.17. The number of aromatic amines is 1. The summed E-state index contributed by atoms with van der Waals surface area (Å²) in [5.41, 5.74) is 1.14. The van der Waals surface area contributed by atoms with Crippen molar-refractivity contribution in [2.45, 2.75) is 32.9 Å². The Balaban J connectivity index is 2.31. The van der Waals surface area contributed by atoms with Crippen LogP contribution in [0.15, 0.2) is 36.5 Å². The van der Waals surface area contributed by atoms with E-state index in [4.69, 9.17) is 17.0 Å². The van der Waals surface area contributed by atoms with Gasteiger partial charge in [-0.05, 0) is 45.1 Å². The minimum Gasteiger partial charge on any atom is -0.461 e. The Morgan fingerprint density at radius 1 is 1.21 bits per heavy atom. The van der Waals surface area contributed by atoms with E-state index in [9.17, 15) is 9.59 Å². The lowest BCUT2D eigenvalue weighted by Gasteiger charge is -2.24. The first-order valence-electron chi connectivity index (χ1n) is 7.66. The van der Waals surface area contributed by atoms with Crippen LogP contribution >= 0.6 is 12.2 Å². The number of esters is 1. The van der Waals surface area contributed by atoms with Crippen LogP contribution in [-0.4, -0.2) is 45.5 Å². The van der Waals surface area contributed by atoms with E-state index in [1.165, 1.54) is 4.90 Å². The highest BCUT2D eigenvalue weighted by Crippen LogP contribution is 2.15. The Kier molecular flexibility index (Phi) is 5.56. The van der Waals surface area contributed by atoms with Gasteiger partial charge < -0.3 is 14.6 Å². The zero-order valence-electron chi connectivity index (χ0n) is 14.1. The van der Waals surface area contributed by atoms with E-state index in [0.717, 1.165) is 5.69 Å². The summed E-state index contributed by atoms with van der Waals surface area (Å²) in [7, 11) is 1.57. The summed E-state index contributed by atoms with van der Waals surface area (Å²) in [6, 6.07) is 8.63. The third kappa shape index (κ3) is 3.73. The van der Waals surface area contributed by atoms with E-state index in [0.29, 0.717) is 10.5 Å². The van der Waals surface area contributed by atoms with Crippen molar-refractivity contribution in [2.75, 3.05) is 7.05 Å². The van der Waals surface area contributed by atoms with Crippen molar-refractivity contribution in [3.63, 3.8) is 0 Å². The summed E-state index contributed by atoms with van der Waals surface area (Å²) < 4.78 is 7.23. The number of likely N-dealkylation sites (N-methyl/N-ethyl adjacent to an activating group) is 1. The van der Waals surface area contributed by atoms with Gasteiger partial charge in [0.1, 0.15) is 11.7 Å². The van der Waals surface area contributed by atoms with Crippen LogP contribution in [0.5, 0.6) is 0 Å². The van der Waals surface area contributed by atoms with Crippen molar-refractivity contribution in [2.24, 2.45) is 0 Å². The van der Waals surface area contributed by atoms with Gasteiger partial charge in [0.05, 0.1) is 6.10 Å². The molecule has 1 amide bonds. The first-order chi connectivity index (χ1) is 11.3. The van der Waals surface area contributed by atoms with Gasteiger partial charge in [0.25, 0.3) is 5.91 Å². The number of rotatable bonds is 5. The molecule has 0 saturated heterocycles. The Hall–Kier alpha value is -2.41. The van der Waals surface area contributed by atoms with Crippen LogP contribution in [0.3, 0.4) is 0 Å². The molecule has 0 aliphatic heterocycles. The predicted octanol–water partition coefficient (Wildman–Crippen LogP) is 2.95. The number of hydrogen-bond acceptors (Lipinski definition) is 4. The maximum atomic E-state index is 12.8. The molecule has 0 unspecified atom stereocenters. The fraction of sp³-hybridized carbons (Fsp3) is 0.353. The molecule has 0 fully saturated rings. The molecule has 1 heterocycles. The molecule has 2 rings (SSSR count). The molecular formula is C17H21N3O3S. The normalized spacial score (nSPS) is 12.0. The molecule has 24 heavy (non-hydrogen) atoms. The minimum atomic E-state index is -0.701. The van der Waals surface area contributed by atoms with E-state index in [1.54, 1.807) is 38.6 Å². The first kappa shape index (κ1) is 17.9. The number of amides is 1.